The number of nitrogens with one attached hydrogen (secondary N) is 1. The second-order valence-corrected chi connectivity index (χ2v) is 4.08. The van der Waals surface area contributed by atoms with Crippen LogP contribution < -0.4 is 5.32 Å². The average Bonchev–Trinajstić information content (AvgIpc) is 2.34. The Hall–Kier alpha value is -1.47. The first-order valence-electron chi connectivity index (χ1n) is 5.83. The van der Waals surface area contributed by atoms with Gasteiger partial charge < -0.3 is 0 Å². The molecule has 0 aliphatic heterocycles. The number of benzene rings is 1. The molecule has 0 radical (unpaired) electrons. The molecule has 0 aliphatic carbocycles. The molecule has 0 saturated carbocycles. The predicted molar refractivity (Wildman–Crippen MR) is 65.8 cm³/mol. The van der Waals surface area contributed by atoms with E-state index in [2.05, 4.69) is 11.2 Å². The Morgan fingerprint density at radius 3 is 2.33 bits per heavy atom. The molecule has 0 aliphatic rings. The summed E-state index contributed by atoms with van der Waals surface area (Å²) in [6.07, 6.45) is 2.89. The molecular weight excluding hydrogens is 239 g/mol. The second-order valence-electron chi connectivity index (χ2n) is 4.08. The number of hydrogen-bond acceptors (Lipinski definition) is 1. The fraction of sp³-hybridized carbons (Fsp3) is 0.429. The maximum Gasteiger partial charge on any atom is 0.416 e. The fourth-order valence-electron chi connectivity index (χ4n) is 1.59. The van der Waals surface area contributed by atoms with Crippen LogP contribution in [0.4, 0.5) is 13.2 Å². The summed E-state index contributed by atoms with van der Waals surface area (Å²) in [4.78, 5) is 0. The number of alkyl halides is 3. The van der Waals surface area contributed by atoms with E-state index in [9.17, 15) is 13.2 Å². The first kappa shape index (κ1) is 14.6. The highest BCUT2D eigenvalue weighted by Gasteiger charge is 2.29. The van der Waals surface area contributed by atoms with Crippen molar-refractivity contribution in [3.8, 4) is 12.3 Å². The summed E-state index contributed by atoms with van der Waals surface area (Å²) < 4.78 is 37.0. The minimum Gasteiger partial charge on any atom is -0.300 e. The number of rotatable bonds is 5. The zero-order chi connectivity index (χ0) is 13.6. The first-order valence-corrected chi connectivity index (χ1v) is 5.83. The molecule has 0 saturated heterocycles. The van der Waals surface area contributed by atoms with Crippen molar-refractivity contribution in [1.82, 2.24) is 5.32 Å². The van der Waals surface area contributed by atoms with E-state index in [1.165, 1.54) is 12.1 Å². The van der Waals surface area contributed by atoms with E-state index >= 15 is 0 Å². The SMILES string of the molecule is C#CC(CCC)NCc1ccc(C(F)(F)F)cc1. The Kier molecular flexibility index (Phi) is 5.24. The molecule has 1 N–H and O–H groups in total. The van der Waals surface area contributed by atoms with E-state index in [4.69, 9.17) is 6.42 Å². The summed E-state index contributed by atoms with van der Waals surface area (Å²) in [5.41, 5.74) is 0.160. The maximum atomic E-state index is 12.3. The minimum absolute atomic E-state index is 0.0303. The summed E-state index contributed by atoms with van der Waals surface area (Å²) in [5, 5.41) is 3.13. The van der Waals surface area contributed by atoms with Gasteiger partial charge in [0, 0.05) is 6.54 Å². The molecule has 18 heavy (non-hydrogen) atoms. The minimum atomic E-state index is -4.28. The van der Waals surface area contributed by atoms with Gasteiger partial charge in [0.25, 0.3) is 0 Å². The molecule has 0 heterocycles. The van der Waals surface area contributed by atoms with E-state index in [-0.39, 0.29) is 6.04 Å². The van der Waals surface area contributed by atoms with Crippen LogP contribution in [0.2, 0.25) is 0 Å². The van der Waals surface area contributed by atoms with Crippen LogP contribution in [0.25, 0.3) is 0 Å². The van der Waals surface area contributed by atoms with E-state index < -0.39 is 11.7 Å². The lowest BCUT2D eigenvalue weighted by Gasteiger charge is -2.12. The molecule has 1 rings (SSSR count). The maximum absolute atomic E-state index is 12.3. The van der Waals surface area contributed by atoms with Crippen LogP contribution in [0.5, 0.6) is 0 Å². The van der Waals surface area contributed by atoms with Crippen molar-refractivity contribution in [3.63, 3.8) is 0 Å². The van der Waals surface area contributed by atoms with Crippen molar-refractivity contribution < 1.29 is 13.2 Å². The highest BCUT2D eigenvalue weighted by Crippen LogP contribution is 2.29. The summed E-state index contributed by atoms with van der Waals surface area (Å²) in [6, 6.07) is 5.07. The molecule has 0 fully saturated rings. The summed E-state index contributed by atoms with van der Waals surface area (Å²) in [6.45, 7) is 2.51. The highest BCUT2D eigenvalue weighted by atomic mass is 19.4. The molecule has 0 spiro atoms. The van der Waals surface area contributed by atoms with Gasteiger partial charge in [0.05, 0.1) is 11.6 Å². The van der Waals surface area contributed by atoms with Gasteiger partial charge in [0.2, 0.25) is 0 Å². The molecule has 1 nitrogen and oxygen atoms in total. The third-order valence-electron chi connectivity index (χ3n) is 2.61. The predicted octanol–water partition coefficient (Wildman–Crippen LogP) is 3.60. The van der Waals surface area contributed by atoms with Gasteiger partial charge in [-0.15, -0.1) is 6.42 Å². The van der Waals surface area contributed by atoms with Gasteiger partial charge in [-0.2, -0.15) is 13.2 Å². The van der Waals surface area contributed by atoms with Crippen LogP contribution in [0.1, 0.15) is 30.9 Å². The van der Waals surface area contributed by atoms with Gasteiger partial charge in [-0.25, -0.2) is 0 Å². The third kappa shape index (κ3) is 4.42. The van der Waals surface area contributed by atoms with Gasteiger partial charge in [-0.3, -0.25) is 5.32 Å². The van der Waals surface area contributed by atoms with Crippen LogP contribution >= 0.6 is 0 Å². The van der Waals surface area contributed by atoms with Gasteiger partial charge in [-0.05, 0) is 24.1 Å². The molecule has 1 unspecified atom stereocenters. The smallest absolute Gasteiger partial charge is 0.300 e. The number of hydrogen-bond donors (Lipinski definition) is 1. The Balaban J connectivity index is 2.57. The first-order chi connectivity index (χ1) is 8.47. The van der Waals surface area contributed by atoms with E-state index in [1.54, 1.807) is 0 Å². The van der Waals surface area contributed by atoms with E-state index in [1.807, 2.05) is 6.92 Å². The Labute approximate surface area is 105 Å². The molecule has 0 amide bonds. The van der Waals surface area contributed by atoms with Crippen LogP contribution in [0, 0.1) is 12.3 Å². The number of halogens is 3. The quantitative estimate of drug-likeness (QED) is 0.793. The zero-order valence-electron chi connectivity index (χ0n) is 10.2. The van der Waals surface area contributed by atoms with Crippen LogP contribution in [-0.4, -0.2) is 6.04 Å². The lowest BCUT2D eigenvalue weighted by molar-refractivity contribution is -0.137. The standard InChI is InChI=1S/C14H16F3N/c1-3-5-13(4-2)18-10-11-6-8-12(9-7-11)14(15,16)17/h2,6-9,13,18H,3,5,10H2,1H3. The average molecular weight is 255 g/mol. The molecule has 4 heteroatoms. The molecule has 0 bridgehead atoms. The fourth-order valence-corrected chi connectivity index (χ4v) is 1.59. The van der Waals surface area contributed by atoms with Gasteiger partial charge >= 0.3 is 6.18 Å². The van der Waals surface area contributed by atoms with E-state index in [0.717, 1.165) is 30.5 Å². The monoisotopic (exact) mass is 255 g/mol. The van der Waals surface area contributed by atoms with Crippen molar-refractivity contribution >= 4 is 0 Å². The van der Waals surface area contributed by atoms with Crippen LogP contribution in [0.3, 0.4) is 0 Å². The molecule has 1 aromatic carbocycles. The molecule has 98 valence electrons. The van der Waals surface area contributed by atoms with E-state index in [0.29, 0.717) is 6.54 Å². The zero-order valence-corrected chi connectivity index (χ0v) is 10.2. The lowest BCUT2D eigenvalue weighted by Crippen LogP contribution is -2.26. The van der Waals surface area contributed by atoms with Crippen molar-refractivity contribution in [2.75, 3.05) is 0 Å². The van der Waals surface area contributed by atoms with Gasteiger partial charge in [0.1, 0.15) is 0 Å². The van der Waals surface area contributed by atoms with Gasteiger partial charge in [0.15, 0.2) is 0 Å². The van der Waals surface area contributed by atoms with Crippen molar-refractivity contribution in [2.24, 2.45) is 0 Å². The Bertz CT molecular complexity index is 401. The van der Waals surface area contributed by atoms with Crippen molar-refractivity contribution in [3.05, 3.63) is 35.4 Å². The summed E-state index contributed by atoms with van der Waals surface area (Å²) in [7, 11) is 0. The topological polar surface area (TPSA) is 12.0 Å². The summed E-state index contributed by atoms with van der Waals surface area (Å²) in [5.74, 6) is 2.62. The Morgan fingerprint density at radius 2 is 1.89 bits per heavy atom. The van der Waals surface area contributed by atoms with Gasteiger partial charge in [-0.1, -0.05) is 31.4 Å². The summed E-state index contributed by atoms with van der Waals surface area (Å²) >= 11 is 0. The molecular formula is C14H16F3N. The molecule has 0 aromatic heterocycles. The Morgan fingerprint density at radius 1 is 1.28 bits per heavy atom. The van der Waals surface area contributed by atoms with Crippen LogP contribution in [-0.2, 0) is 12.7 Å². The normalized spacial score (nSPS) is 13.1. The largest absolute Gasteiger partial charge is 0.416 e. The number of terminal acetylenes is 1. The van der Waals surface area contributed by atoms with Crippen LogP contribution in [0.15, 0.2) is 24.3 Å². The highest BCUT2D eigenvalue weighted by molar-refractivity contribution is 5.24. The molecule has 1 aromatic rings. The lowest BCUT2D eigenvalue weighted by atomic mass is 10.1. The van der Waals surface area contributed by atoms with Crippen molar-refractivity contribution in [2.45, 2.75) is 38.5 Å². The van der Waals surface area contributed by atoms with Crippen molar-refractivity contribution in [1.29, 1.82) is 0 Å². The second kappa shape index (κ2) is 6.46. The molecule has 1 atom stereocenters. The third-order valence-corrected chi connectivity index (χ3v) is 2.61.